The molecule has 0 spiro atoms. The van der Waals surface area contributed by atoms with Gasteiger partial charge in [-0.1, -0.05) is 19.4 Å². The Labute approximate surface area is 235 Å². The van der Waals surface area contributed by atoms with Crippen LogP contribution in [0.25, 0.3) is 0 Å². The molecule has 0 saturated heterocycles. The molecule has 1 N–H and O–H groups in total. The lowest BCUT2D eigenvalue weighted by Gasteiger charge is -2.58. The second-order valence-electron chi connectivity index (χ2n) is 12.2. The molecule has 4 rings (SSSR count). The number of allylic oxidation sites excluding steroid dienone is 1. The quantitative estimate of drug-likeness (QED) is 0.255. The highest BCUT2D eigenvalue weighted by Crippen LogP contribution is 2.65. The van der Waals surface area contributed by atoms with Crippen molar-refractivity contribution in [1.29, 1.82) is 0 Å². The van der Waals surface area contributed by atoms with E-state index >= 15 is 0 Å². The molecular formula is C31H52O8. The number of carbonyl (C=O) groups is 1. The van der Waals surface area contributed by atoms with E-state index in [1.807, 2.05) is 6.08 Å². The topological polar surface area (TPSA) is 92.7 Å². The molecular weight excluding hydrogens is 500 g/mol. The van der Waals surface area contributed by atoms with Crippen molar-refractivity contribution in [1.82, 2.24) is 0 Å². The first-order valence-corrected chi connectivity index (χ1v) is 15.3. The number of ketones is 1. The van der Waals surface area contributed by atoms with Gasteiger partial charge in [-0.05, 0) is 79.6 Å². The third-order valence-corrected chi connectivity index (χ3v) is 10.1. The maximum absolute atomic E-state index is 12.1. The fourth-order valence-corrected chi connectivity index (χ4v) is 8.08. The summed E-state index contributed by atoms with van der Waals surface area (Å²) in [5.41, 5.74) is 1.96. The van der Waals surface area contributed by atoms with E-state index in [0.717, 1.165) is 43.4 Å². The number of rotatable bonds is 18. The average Bonchev–Trinajstić information content (AvgIpc) is 3.27. The summed E-state index contributed by atoms with van der Waals surface area (Å²) in [5.74, 6) is 2.59. The largest absolute Gasteiger partial charge is 0.394 e. The molecule has 6 atom stereocenters. The lowest BCUT2D eigenvalue weighted by atomic mass is 9.47. The lowest BCUT2D eigenvalue weighted by Crippen LogP contribution is -2.51. The Morgan fingerprint density at radius 2 is 1.31 bits per heavy atom. The number of hydrogen-bond acceptors (Lipinski definition) is 8. The third kappa shape index (κ3) is 7.91. The molecule has 4 aliphatic rings. The van der Waals surface area contributed by atoms with Crippen molar-refractivity contribution < 1.29 is 38.3 Å². The average molecular weight is 553 g/mol. The minimum Gasteiger partial charge on any atom is -0.394 e. The van der Waals surface area contributed by atoms with E-state index in [0.29, 0.717) is 84.6 Å². The molecule has 8 nitrogen and oxygen atoms in total. The minimum absolute atomic E-state index is 0.0360. The molecule has 0 aromatic heterocycles. The second kappa shape index (κ2) is 15.4. The minimum atomic E-state index is 0.0360. The predicted molar refractivity (Wildman–Crippen MR) is 148 cm³/mol. The van der Waals surface area contributed by atoms with Gasteiger partial charge in [0.2, 0.25) is 0 Å². The monoisotopic (exact) mass is 552 g/mol. The number of carbonyl (C=O) groups excluding carboxylic acids is 1. The smallest absolute Gasteiger partial charge is 0.155 e. The third-order valence-electron chi connectivity index (χ3n) is 10.1. The summed E-state index contributed by atoms with van der Waals surface area (Å²) in [6.07, 6.45) is 11.4. The number of ether oxygens (including phenoxy) is 6. The molecule has 8 heteroatoms. The van der Waals surface area contributed by atoms with Crippen LogP contribution in [0.3, 0.4) is 0 Å². The van der Waals surface area contributed by atoms with Gasteiger partial charge in [0.1, 0.15) is 0 Å². The van der Waals surface area contributed by atoms with E-state index in [1.54, 1.807) is 0 Å². The SMILES string of the molecule is C[C@]12CC[C@H]3[C@@H](CCC4=CC(=O)CC[C@@]43C)[C@@H]1CC[C@@H]2OCCOCCOCCOCCOCCOCCO. The zero-order valence-electron chi connectivity index (χ0n) is 24.3. The first-order valence-electron chi connectivity index (χ1n) is 15.3. The van der Waals surface area contributed by atoms with Crippen molar-refractivity contribution in [2.24, 2.45) is 28.6 Å². The normalized spacial score (nSPS) is 33.9. The van der Waals surface area contributed by atoms with E-state index in [-0.39, 0.29) is 17.4 Å². The van der Waals surface area contributed by atoms with Crippen molar-refractivity contribution in [3.63, 3.8) is 0 Å². The summed E-state index contributed by atoms with van der Waals surface area (Å²) in [6, 6.07) is 0. The molecule has 0 radical (unpaired) electrons. The van der Waals surface area contributed by atoms with Gasteiger partial charge in [0, 0.05) is 6.42 Å². The number of aliphatic hydroxyl groups excluding tert-OH is 1. The maximum Gasteiger partial charge on any atom is 0.155 e. The molecule has 0 aromatic carbocycles. The number of aliphatic hydroxyl groups is 1. The summed E-state index contributed by atoms with van der Waals surface area (Å²) in [6.45, 7) is 10.8. The van der Waals surface area contributed by atoms with E-state index in [4.69, 9.17) is 33.5 Å². The van der Waals surface area contributed by atoms with Crippen LogP contribution in [0, 0.1) is 28.6 Å². The van der Waals surface area contributed by atoms with E-state index in [9.17, 15) is 4.79 Å². The summed E-state index contributed by atoms with van der Waals surface area (Å²) >= 11 is 0. The van der Waals surface area contributed by atoms with Crippen LogP contribution in [-0.2, 0) is 33.2 Å². The van der Waals surface area contributed by atoms with E-state index < -0.39 is 0 Å². The molecule has 39 heavy (non-hydrogen) atoms. The zero-order valence-corrected chi connectivity index (χ0v) is 24.3. The first kappa shape index (κ1) is 31.1. The molecule has 3 fully saturated rings. The highest BCUT2D eigenvalue weighted by atomic mass is 16.6. The van der Waals surface area contributed by atoms with Crippen LogP contribution in [0.1, 0.15) is 65.2 Å². The van der Waals surface area contributed by atoms with Gasteiger partial charge >= 0.3 is 0 Å². The summed E-state index contributed by atoms with van der Waals surface area (Å²) in [7, 11) is 0. The van der Waals surface area contributed by atoms with Crippen molar-refractivity contribution in [2.45, 2.75) is 71.3 Å². The Hall–Kier alpha value is -0.870. The van der Waals surface area contributed by atoms with Gasteiger partial charge in [-0.15, -0.1) is 0 Å². The Kier molecular flexibility index (Phi) is 12.3. The molecule has 4 aliphatic carbocycles. The number of fused-ring (bicyclic) bond motifs is 5. The van der Waals surface area contributed by atoms with Gasteiger partial charge < -0.3 is 33.5 Å². The Morgan fingerprint density at radius 1 is 0.718 bits per heavy atom. The molecule has 0 aromatic rings. The van der Waals surface area contributed by atoms with Crippen molar-refractivity contribution in [3.8, 4) is 0 Å². The fraction of sp³-hybridized carbons (Fsp3) is 0.903. The summed E-state index contributed by atoms with van der Waals surface area (Å²) in [4.78, 5) is 12.1. The molecule has 0 amide bonds. The van der Waals surface area contributed by atoms with E-state index in [2.05, 4.69) is 13.8 Å². The zero-order chi connectivity index (χ0) is 27.6. The Balaban J connectivity index is 1.03. The van der Waals surface area contributed by atoms with Gasteiger partial charge in [-0.25, -0.2) is 0 Å². The van der Waals surface area contributed by atoms with E-state index in [1.165, 1.54) is 31.3 Å². The number of hydrogen-bond donors (Lipinski definition) is 1. The first-order chi connectivity index (χ1) is 19.0. The highest BCUT2D eigenvalue weighted by molar-refractivity contribution is 5.91. The maximum atomic E-state index is 12.1. The highest BCUT2D eigenvalue weighted by Gasteiger charge is 2.59. The van der Waals surface area contributed by atoms with Crippen molar-refractivity contribution in [2.75, 3.05) is 79.3 Å². The van der Waals surface area contributed by atoms with Crippen LogP contribution in [0.4, 0.5) is 0 Å². The molecule has 0 unspecified atom stereocenters. The van der Waals surface area contributed by atoms with Gasteiger partial charge in [-0.3, -0.25) is 4.79 Å². The Bertz CT molecular complexity index is 787. The van der Waals surface area contributed by atoms with Crippen LogP contribution in [0.2, 0.25) is 0 Å². The van der Waals surface area contributed by atoms with Gasteiger partial charge in [-0.2, -0.15) is 0 Å². The molecule has 0 aliphatic heterocycles. The Morgan fingerprint density at radius 3 is 1.92 bits per heavy atom. The second-order valence-corrected chi connectivity index (χ2v) is 12.2. The van der Waals surface area contributed by atoms with Gasteiger partial charge in [0.05, 0.1) is 85.4 Å². The van der Waals surface area contributed by atoms with Crippen molar-refractivity contribution >= 4 is 5.78 Å². The predicted octanol–water partition coefficient (Wildman–Crippen LogP) is 3.98. The van der Waals surface area contributed by atoms with Crippen LogP contribution in [0.15, 0.2) is 11.6 Å². The molecule has 224 valence electrons. The van der Waals surface area contributed by atoms with Crippen LogP contribution >= 0.6 is 0 Å². The summed E-state index contributed by atoms with van der Waals surface area (Å²) in [5, 5.41) is 8.61. The van der Waals surface area contributed by atoms with Gasteiger partial charge in [0.25, 0.3) is 0 Å². The van der Waals surface area contributed by atoms with Crippen LogP contribution in [0.5, 0.6) is 0 Å². The van der Waals surface area contributed by atoms with Gasteiger partial charge in [0.15, 0.2) is 5.78 Å². The fourth-order valence-electron chi connectivity index (χ4n) is 8.08. The lowest BCUT2D eigenvalue weighted by molar-refractivity contribution is -0.119. The van der Waals surface area contributed by atoms with Crippen molar-refractivity contribution in [3.05, 3.63) is 11.6 Å². The molecule has 3 saturated carbocycles. The van der Waals surface area contributed by atoms with Crippen LogP contribution < -0.4 is 0 Å². The standard InChI is InChI=1S/C31H52O8/c1-30-9-7-25(33)23-24(30)3-4-26-27-5-6-29(31(27,2)10-8-28(26)30)39-22-21-38-20-19-37-18-17-36-16-15-35-14-13-34-12-11-32/h23,26-29,32H,3-22H2,1-2H3/t26-,27-,28-,29-,30-,31-/m0/s1. The van der Waals surface area contributed by atoms with Crippen LogP contribution in [-0.4, -0.2) is 96.3 Å². The summed E-state index contributed by atoms with van der Waals surface area (Å²) < 4.78 is 33.7. The molecule has 0 heterocycles. The molecule has 0 bridgehead atoms.